The predicted octanol–water partition coefficient (Wildman–Crippen LogP) is 5.60. The molecule has 4 atom stereocenters. The number of ether oxygens (including phenoxy) is 1. The van der Waals surface area contributed by atoms with Crippen molar-refractivity contribution in [1.29, 1.82) is 0 Å². The van der Waals surface area contributed by atoms with Gasteiger partial charge in [0.15, 0.2) is 28.9 Å². The average Bonchev–Trinajstić information content (AvgIpc) is 3.24. The Kier molecular flexibility index (Phi) is 7.36. The number of rotatable bonds is 4. The number of benzene rings is 1. The van der Waals surface area contributed by atoms with Crippen LogP contribution in [0.4, 0.5) is 19.0 Å². The van der Waals surface area contributed by atoms with E-state index in [1.165, 1.54) is 39.3 Å². The number of ketones is 2. The first-order chi connectivity index (χ1) is 21.1. The maximum atomic E-state index is 14.1. The number of hydrazine groups is 1. The molecule has 0 saturated carbocycles. The number of methoxy groups -OCH3 is 1. The van der Waals surface area contributed by atoms with E-state index in [4.69, 9.17) is 27.9 Å². The van der Waals surface area contributed by atoms with Gasteiger partial charge in [-0.2, -0.15) is 18.2 Å². The third-order valence-corrected chi connectivity index (χ3v) is 9.45. The van der Waals surface area contributed by atoms with Gasteiger partial charge >= 0.3 is 6.18 Å². The third kappa shape index (κ3) is 4.73. The highest BCUT2D eigenvalue weighted by Gasteiger charge is 2.57. The highest BCUT2D eigenvalue weighted by Crippen LogP contribution is 2.56. The van der Waals surface area contributed by atoms with Crippen LogP contribution in [0.2, 0.25) is 10.0 Å². The normalized spacial score (nSPS) is 24.7. The number of hydrogen-bond acceptors (Lipinski definition) is 8. The van der Waals surface area contributed by atoms with Crippen LogP contribution in [0.25, 0.3) is 0 Å². The van der Waals surface area contributed by atoms with Gasteiger partial charge in [0, 0.05) is 29.7 Å². The van der Waals surface area contributed by atoms with E-state index in [9.17, 15) is 37.5 Å². The largest absolute Gasteiger partial charge is 0.503 e. The van der Waals surface area contributed by atoms with Crippen LogP contribution < -0.4 is 9.75 Å². The molecule has 0 spiro atoms. The van der Waals surface area contributed by atoms with Gasteiger partial charge in [0.05, 0.1) is 29.0 Å². The molecule has 1 N–H and O–H groups in total. The van der Waals surface area contributed by atoms with Crippen molar-refractivity contribution in [2.24, 2.45) is 17.8 Å². The van der Waals surface area contributed by atoms with Gasteiger partial charge in [0.25, 0.3) is 11.8 Å². The number of halogens is 5. The van der Waals surface area contributed by atoms with Crippen LogP contribution in [0.1, 0.15) is 36.9 Å². The Labute approximate surface area is 264 Å². The number of imide groups is 1. The fourth-order valence-electron chi connectivity index (χ4n) is 6.87. The number of anilines is 1. The lowest BCUT2D eigenvalue weighted by Gasteiger charge is -2.42. The summed E-state index contributed by atoms with van der Waals surface area (Å²) < 4.78 is 45.6. The lowest BCUT2D eigenvalue weighted by Crippen LogP contribution is -2.46. The molecule has 1 aliphatic heterocycles. The second-order valence-electron chi connectivity index (χ2n) is 11.3. The van der Waals surface area contributed by atoms with E-state index in [0.29, 0.717) is 17.2 Å². The molecule has 14 heteroatoms. The molecule has 234 valence electrons. The molecule has 1 saturated heterocycles. The molecule has 4 aliphatic rings. The van der Waals surface area contributed by atoms with Crippen molar-refractivity contribution in [3.05, 3.63) is 80.0 Å². The van der Waals surface area contributed by atoms with Gasteiger partial charge in [-0.1, -0.05) is 34.9 Å². The zero-order valence-electron chi connectivity index (χ0n) is 23.9. The summed E-state index contributed by atoms with van der Waals surface area (Å²) in [5.41, 5.74) is 0.409. The Morgan fingerprint density at radius 1 is 1.07 bits per heavy atom. The molecular formula is C31H24Cl2F3N3O6. The molecule has 6 rings (SSSR count). The van der Waals surface area contributed by atoms with E-state index in [0.717, 1.165) is 16.1 Å². The van der Waals surface area contributed by atoms with Crippen LogP contribution in [0.3, 0.4) is 0 Å². The summed E-state index contributed by atoms with van der Waals surface area (Å²) in [6.07, 6.45) is -1.72. The summed E-state index contributed by atoms with van der Waals surface area (Å²) in [5, 5.41) is 11.8. The molecule has 0 radical (unpaired) electrons. The summed E-state index contributed by atoms with van der Waals surface area (Å²) in [7, 11) is 2.55. The minimum Gasteiger partial charge on any atom is -0.503 e. The Morgan fingerprint density at radius 2 is 1.78 bits per heavy atom. The molecule has 2 heterocycles. The monoisotopic (exact) mass is 661 g/mol. The SMILES string of the molecule is COc1cc(C2C3=CCC4C(=O)N(N(C)c5nc(C(F)(F)F)ccc5Cl)C(=O)C4C3CC3=C2C(=O)C=C(C)C3=O)cc(Cl)c1O. The number of phenolic OH excluding ortho intramolecular Hbond substituents is 1. The number of aromatic hydroxyl groups is 1. The zero-order valence-corrected chi connectivity index (χ0v) is 25.4. The number of nitrogens with zero attached hydrogens (tertiary/aromatic N) is 3. The van der Waals surface area contributed by atoms with Crippen LogP contribution in [0.15, 0.2) is 58.7 Å². The van der Waals surface area contributed by atoms with Gasteiger partial charge in [0.1, 0.15) is 5.69 Å². The molecular weight excluding hydrogens is 638 g/mol. The van der Waals surface area contributed by atoms with Gasteiger partial charge in [-0.05, 0) is 61.6 Å². The predicted molar refractivity (Wildman–Crippen MR) is 155 cm³/mol. The summed E-state index contributed by atoms with van der Waals surface area (Å²) in [6, 6.07) is 4.63. The molecule has 0 bridgehead atoms. The first kappa shape index (κ1) is 30.8. The van der Waals surface area contributed by atoms with Crippen LogP contribution in [0, 0.1) is 17.8 Å². The second kappa shape index (κ2) is 10.7. The van der Waals surface area contributed by atoms with Gasteiger partial charge < -0.3 is 9.84 Å². The standard InChI is InChI=1S/C31H24Cl2F3N3O6/c1-12-8-20(40)25-17(26(12)41)11-16-14(23(25)13-9-19(33)27(42)21(10-13)45-3)4-5-15-24(16)30(44)39(29(15)43)38(2)28-18(32)6-7-22(37-28)31(34,35)36/h4,6-10,15-16,23-24,42H,5,11H2,1-3H3. The number of phenols is 1. The van der Waals surface area contributed by atoms with Crippen molar-refractivity contribution < 1.29 is 42.2 Å². The lowest BCUT2D eigenvalue weighted by molar-refractivity contribution is -0.141. The van der Waals surface area contributed by atoms with Crippen molar-refractivity contribution in [2.45, 2.75) is 31.9 Å². The molecule has 3 aliphatic carbocycles. The van der Waals surface area contributed by atoms with Crippen molar-refractivity contribution >= 4 is 52.4 Å². The number of allylic oxidation sites excluding steroid dienone is 6. The van der Waals surface area contributed by atoms with Crippen LogP contribution in [0.5, 0.6) is 11.5 Å². The summed E-state index contributed by atoms with van der Waals surface area (Å²) in [6.45, 7) is 1.52. The van der Waals surface area contributed by atoms with Crippen molar-refractivity contribution in [1.82, 2.24) is 9.99 Å². The first-order valence-electron chi connectivity index (χ1n) is 13.8. The molecule has 2 aromatic rings. The number of fused-ring (bicyclic) bond motifs is 3. The Hall–Kier alpha value is -4.16. The van der Waals surface area contributed by atoms with E-state index in [1.54, 1.807) is 6.08 Å². The van der Waals surface area contributed by atoms with E-state index >= 15 is 0 Å². The smallest absolute Gasteiger partial charge is 0.433 e. The molecule has 1 fully saturated rings. The van der Waals surface area contributed by atoms with Gasteiger partial charge in [0.2, 0.25) is 0 Å². The Morgan fingerprint density at radius 3 is 2.44 bits per heavy atom. The molecule has 1 aromatic carbocycles. The van der Waals surface area contributed by atoms with Crippen LogP contribution in [-0.4, -0.2) is 52.6 Å². The van der Waals surface area contributed by atoms with Crippen molar-refractivity contribution in [2.75, 3.05) is 19.2 Å². The van der Waals surface area contributed by atoms with Crippen LogP contribution >= 0.6 is 23.2 Å². The van der Waals surface area contributed by atoms with E-state index in [1.807, 2.05) is 0 Å². The fourth-order valence-corrected chi connectivity index (χ4v) is 7.31. The summed E-state index contributed by atoms with van der Waals surface area (Å²) >= 11 is 12.5. The van der Waals surface area contributed by atoms with Crippen LogP contribution in [-0.2, 0) is 25.4 Å². The number of amides is 2. The minimum atomic E-state index is -4.80. The average molecular weight is 662 g/mol. The number of Topliss-reactive ketones (excluding diaryl/α,β-unsaturated/α-hetero) is 1. The first-order valence-corrected chi connectivity index (χ1v) is 14.5. The number of hydrogen-bond donors (Lipinski definition) is 1. The Balaban J connectivity index is 1.45. The molecule has 1 aromatic heterocycles. The van der Waals surface area contributed by atoms with E-state index in [-0.39, 0.29) is 56.9 Å². The maximum Gasteiger partial charge on any atom is 0.433 e. The number of carbonyl (C=O) groups excluding carboxylic acids is 4. The van der Waals surface area contributed by atoms with E-state index < -0.39 is 59.0 Å². The van der Waals surface area contributed by atoms with Gasteiger partial charge in [-0.25, -0.2) is 4.98 Å². The van der Waals surface area contributed by atoms with Crippen molar-refractivity contribution in [3.8, 4) is 11.5 Å². The molecule has 45 heavy (non-hydrogen) atoms. The summed E-state index contributed by atoms with van der Waals surface area (Å²) in [4.78, 5) is 58.4. The topological polar surface area (TPSA) is 117 Å². The summed E-state index contributed by atoms with van der Waals surface area (Å²) in [5.74, 6) is -6.36. The van der Waals surface area contributed by atoms with E-state index in [2.05, 4.69) is 4.98 Å². The zero-order chi connectivity index (χ0) is 32.7. The second-order valence-corrected chi connectivity index (χ2v) is 12.1. The minimum absolute atomic E-state index is 0.0172. The number of aromatic nitrogens is 1. The lowest BCUT2D eigenvalue weighted by atomic mass is 9.59. The molecule has 4 unspecified atom stereocenters. The quantitative estimate of drug-likeness (QED) is 0.256. The number of carbonyl (C=O) groups is 4. The molecule has 2 amide bonds. The highest BCUT2D eigenvalue weighted by atomic mass is 35.5. The van der Waals surface area contributed by atoms with Crippen molar-refractivity contribution in [3.63, 3.8) is 0 Å². The fraction of sp³-hybridized carbons (Fsp3) is 0.323. The maximum absolute atomic E-state index is 14.1. The van der Waals surface area contributed by atoms with Gasteiger partial charge in [-0.15, -0.1) is 0 Å². The number of alkyl halides is 3. The number of pyridine rings is 1. The third-order valence-electron chi connectivity index (χ3n) is 8.87. The highest BCUT2D eigenvalue weighted by molar-refractivity contribution is 6.33. The Bertz CT molecular complexity index is 1820. The molecule has 9 nitrogen and oxygen atoms in total. The van der Waals surface area contributed by atoms with Gasteiger partial charge in [-0.3, -0.25) is 24.2 Å².